The number of ether oxygens (including phenoxy) is 1. The van der Waals surface area contributed by atoms with Gasteiger partial charge in [-0.15, -0.1) is 0 Å². The minimum absolute atomic E-state index is 0.0619. The van der Waals surface area contributed by atoms with Crippen molar-refractivity contribution in [2.24, 2.45) is 0 Å². The molecule has 0 spiro atoms. The van der Waals surface area contributed by atoms with E-state index in [4.69, 9.17) is 9.26 Å². The number of benzene rings is 2. The average molecular weight is 500 g/mol. The number of hydrogen-bond acceptors (Lipinski definition) is 7. The van der Waals surface area contributed by atoms with Crippen LogP contribution in [0.2, 0.25) is 0 Å². The van der Waals surface area contributed by atoms with Crippen molar-refractivity contribution in [1.29, 1.82) is 0 Å². The zero-order chi connectivity index (χ0) is 25.6. The Kier molecular flexibility index (Phi) is 7.32. The lowest BCUT2D eigenvalue weighted by Gasteiger charge is -2.36. The molecule has 5 rings (SSSR count). The van der Waals surface area contributed by atoms with Gasteiger partial charge in [0, 0.05) is 44.0 Å². The Morgan fingerprint density at radius 3 is 2.62 bits per heavy atom. The number of piperazine rings is 1. The summed E-state index contributed by atoms with van der Waals surface area (Å²) in [5, 5.41) is 4.11. The largest absolute Gasteiger partial charge is 0.453 e. The second-order valence-corrected chi connectivity index (χ2v) is 8.67. The number of nitrogens with zero attached hydrogens (tertiary/aromatic N) is 5. The van der Waals surface area contributed by atoms with Gasteiger partial charge in [0.25, 0.3) is 0 Å². The van der Waals surface area contributed by atoms with Gasteiger partial charge in [-0.25, -0.2) is 4.39 Å². The fourth-order valence-corrected chi connectivity index (χ4v) is 4.11. The first-order valence-corrected chi connectivity index (χ1v) is 12.0. The smallest absolute Gasteiger partial charge is 0.246 e. The lowest BCUT2D eigenvalue weighted by Crippen LogP contribution is -2.48. The van der Waals surface area contributed by atoms with Gasteiger partial charge in [0.05, 0.1) is 12.2 Å². The number of carbonyl (C=O) groups excluding carboxylic acids is 1. The molecule has 1 fully saturated rings. The third-order valence-corrected chi connectivity index (χ3v) is 6.24. The summed E-state index contributed by atoms with van der Waals surface area (Å²) in [6.45, 7) is 4.52. The number of rotatable bonds is 7. The Bertz CT molecular complexity index is 1370. The van der Waals surface area contributed by atoms with Crippen molar-refractivity contribution in [2.75, 3.05) is 26.2 Å². The molecule has 2 aromatic carbocycles. The monoisotopic (exact) mass is 499 g/mol. The Morgan fingerprint density at radius 1 is 1.08 bits per heavy atom. The third kappa shape index (κ3) is 5.90. The molecule has 0 aliphatic carbocycles. The average Bonchev–Trinajstić information content (AvgIpc) is 3.44. The number of halogens is 1. The summed E-state index contributed by atoms with van der Waals surface area (Å²) >= 11 is 0. The van der Waals surface area contributed by atoms with Crippen LogP contribution in [-0.4, -0.2) is 57.0 Å². The van der Waals surface area contributed by atoms with Gasteiger partial charge in [0.2, 0.25) is 17.6 Å². The SMILES string of the molecule is CC(c1nc(-c2ccccc2)no1)N1CCN(C(=O)/C=C/c2ccc(Oc3cccnc3)c(F)c2)CC1. The lowest BCUT2D eigenvalue weighted by atomic mass is 10.2. The van der Waals surface area contributed by atoms with Gasteiger partial charge in [-0.3, -0.25) is 14.7 Å². The van der Waals surface area contributed by atoms with E-state index in [1.165, 1.54) is 24.4 Å². The molecule has 0 radical (unpaired) electrons. The van der Waals surface area contributed by atoms with E-state index >= 15 is 0 Å². The van der Waals surface area contributed by atoms with Crippen LogP contribution >= 0.6 is 0 Å². The molecule has 2 aromatic heterocycles. The number of pyridine rings is 1. The van der Waals surface area contributed by atoms with Crippen molar-refractivity contribution in [3.8, 4) is 22.9 Å². The van der Waals surface area contributed by atoms with Crippen molar-refractivity contribution in [1.82, 2.24) is 24.9 Å². The van der Waals surface area contributed by atoms with Crippen LogP contribution in [-0.2, 0) is 4.79 Å². The molecular weight excluding hydrogens is 473 g/mol. The van der Waals surface area contributed by atoms with E-state index in [2.05, 4.69) is 20.0 Å². The first-order chi connectivity index (χ1) is 18.1. The second-order valence-electron chi connectivity index (χ2n) is 8.67. The molecule has 1 atom stereocenters. The summed E-state index contributed by atoms with van der Waals surface area (Å²) in [7, 11) is 0. The normalized spacial score (nSPS) is 15.1. The molecule has 1 amide bonds. The third-order valence-electron chi connectivity index (χ3n) is 6.24. The molecule has 188 valence electrons. The molecular formula is C28H26FN5O3. The molecule has 0 saturated carbocycles. The maximum Gasteiger partial charge on any atom is 0.246 e. The zero-order valence-corrected chi connectivity index (χ0v) is 20.3. The fraction of sp³-hybridized carbons (Fsp3) is 0.214. The zero-order valence-electron chi connectivity index (χ0n) is 20.3. The highest BCUT2D eigenvalue weighted by molar-refractivity contribution is 5.91. The molecule has 4 aromatic rings. The highest BCUT2D eigenvalue weighted by Crippen LogP contribution is 2.26. The summed E-state index contributed by atoms with van der Waals surface area (Å²) < 4.78 is 25.5. The van der Waals surface area contributed by atoms with Crippen LogP contribution in [0.1, 0.15) is 24.4 Å². The molecule has 8 nitrogen and oxygen atoms in total. The lowest BCUT2D eigenvalue weighted by molar-refractivity contribution is -0.128. The second kappa shape index (κ2) is 11.1. The van der Waals surface area contributed by atoms with Crippen LogP contribution in [0.4, 0.5) is 4.39 Å². The van der Waals surface area contributed by atoms with Crippen LogP contribution in [0, 0.1) is 5.82 Å². The molecule has 1 aliphatic heterocycles. The van der Waals surface area contributed by atoms with Gasteiger partial charge in [0.15, 0.2) is 11.6 Å². The Hall–Kier alpha value is -4.37. The number of amides is 1. The van der Waals surface area contributed by atoms with E-state index in [1.807, 2.05) is 37.3 Å². The minimum atomic E-state index is -0.516. The van der Waals surface area contributed by atoms with E-state index in [0.29, 0.717) is 49.2 Å². The van der Waals surface area contributed by atoms with Gasteiger partial charge in [-0.1, -0.05) is 41.6 Å². The number of hydrogen-bond donors (Lipinski definition) is 0. The first-order valence-electron chi connectivity index (χ1n) is 12.0. The molecule has 0 N–H and O–H groups in total. The van der Waals surface area contributed by atoms with Crippen molar-refractivity contribution in [3.05, 3.63) is 96.4 Å². The predicted octanol–water partition coefficient (Wildman–Crippen LogP) is 4.98. The maximum absolute atomic E-state index is 14.5. The summed E-state index contributed by atoms with van der Waals surface area (Å²) in [6, 6.07) is 17.6. The van der Waals surface area contributed by atoms with Crippen molar-refractivity contribution < 1.29 is 18.4 Å². The summed E-state index contributed by atoms with van der Waals surface area (Å²) in [5.41, 5.74) is 1.48. The van der Waals surface area contributed by atoms with Crippen LogP contribution < -0.4 is 4.74 Å². The van der Waals surface area contributed by atoms with Gasteiger partial charge >= 0.3 is 0 Å². The van der Waals surface area contributed by atoms with Crippen molar-refractivity contribution in [2.45, 2.75) is 13.0 Å². The molecule has 3 heterocycles. The minimum Gasteiger partial charge on any atom is -0.453 e. The van der Waals surface area contributed by atoms with Crippen molar-refractivity contribution >= 4 is 12.0 Å². The predicted molar refractivity (Wildman–Crippen MR) is 136 cm³/mol. The maximum atomic E-state index is 14.5. The Morgan fingerprint density at radius 2 is 1.89 bits per heavy atom. The molecule has 37 heavy (non-hydrogen) atoms. The van der Waals surface area contributed by atoms with Gasteiger partial charge in [-0.05, 0) is 42.8 Å². The number of aromatic nitrogens is 3. The highest BCUT2D eigenvalue weighted by Gasteiger charge is 2.27. The molecule has 1 unspecified atom stereocenters. The Balaban J connectivity index is 1.14. The molecule has 9 heteroatoms. The van der Waals surface area contributed by atoms with E-state index < -0.39 is 5.82 Å². The molecule has 1 aliphatic rings. The summed E-state index contributed by atoms with van der Waals surface area (Å²) in [4.78, 5) is 25.2. The van der Waals surface area contributed by atoms with Crippen LogP contribution in [0.5, 0.6) is 11.5 Å². The first kappa shape index (κ1) is 24.3. The van der Waals surface area contributed by atoms with Crippen LogP contribution in [0.3, 0.4) is 0 Å². The molecule has 1 saturated heterocycles. The quantitative estimate of drug-likeness (QED) is 0.332. The number of carbonyl (C=O) groups is 1. The highest BCUT2D eigenvalue weighted by atomic mass is 19.1. The van der Waals surface area contributed by atoms with E-state index in [0.717, 1.165) is 5.56 Å². The van der Waals surface area contributed by atoms with Gasteiger partial charge in [-0.2, -0.15) is 4.98 Å². The summed E-state index contributed by atoms with van der Waals surface area (Å²) in [6.07, 6.45) is 6.21. The standard InChI is InChI=1S/C28H26FN5O3/c1-20(28-31-27(32-37-28)22-6-3-2-4-7-22)33-14-16-34(17-15-33)26(35)12-10-21-9-11-25(24(29)18-21)36-23-8-5-13-30-19-23/h2-13,18-20H,14-17H2,1H3/b12-10+. The topological polar surface area (TPSA) is 84.6 Å². The fourth-order valence-electron chi connectivity index (χ4n) is 4.11. The van der Waals surface area contributed by atoms with Crippen LogP contribution in [0.15, 0.2) is 83.7 Å². The van der Waals surface area contributed by atoms with E-state index in [-0.39, 0.29) is 17.7 Å². The van der Waals surface area contributed by atoms with Crippen molar-refractivity contribution in [3.63, 3.8) is 0 Å². The van der Waals surface area contributed by atoms with E-state index in [9.17, 15) is 9.18 Å². The molecule has 0 bridgehead atoms. The van der Waals surface area contributed by atoms with Gasteiger partial charge < -0.3 is 14.2 Å². The van der Waals surface area contributed by atoms with E-state index in [1.54, 1.807) is 35.4 Å². The van der Waals surface area contributed by atoms with Crippen LogP contribution in [0.25, 0.3) is 17.5 Å². The van der Waals surface area contributed by atoms with Gasteiger partial charge in [0.1, 0.15) is 5.75 Å². The summed E-state index contributed by atoms with van der Waals surface area (Å²) in [5.74, 6) is 1.03. The Labute approximate surface area is 214 Å².